The Morgan fingerprint density at radius 2 is 1.65 bits per heavy atom. The molecule has 4 rings (SSSR count). The van der Waals surface area contributed by atoms with Gasteiger partial charge in [0.2, 0.25) is 5.91 Å². The van der Waals surface area contributed by atoms with Crippen molar-refractivity contribution < 1.29 is 14.3 Å². The lowest BCUT2D eigenvalue weighted by molar-refractivity contribution is -0.123. The van der Waals surface area contributed by atoms with E-state index in [9.17, 15) is 9.59 Å². The van der Waals surface area contributed by atoms with Crippen LogP contribution in [0, 0.1) is 0 Å². The predicted molar refractivity (Wildman–Crippen MR) is 123 cm³/mol. The zero-order valence-corrected chi connectivity index (χ0v) is 18.2. The molecule has 0 saturated carbocycles. The molecule has 1 fully saturated rings. The molecule has 0 aliphatic carbocycles. The molecule has 3 aromatic rings. The second kappa shape index (κ2) is 8.91. The van der Waals surface area contributed by atoms with Gasteiger partial charge in [-0.25, -0.2) is 0 Å². The molecule has 0 spiro atoms. The van der Waals surface area contributed by atoms with Crippen molar-refractivity contribution in [3.63, 3.8) is 0 Å². The van der Waals surface area contributed by atoms with Crippen LogP contribution in [-0.2, 0) is 15.1 Å². The van der Waals surface area contributed by atoms with Crippen LogP contribution in [0.1, 0.15) is 22.2 Å². The zero-order chi connectivity index (χ0) is 21.8. The van der Waals surface area contributed by atoms with Gasteiger partial charge in [-0.15, -0.1) is 11.3 Å². The molecule has 0 unspecified atom stereocenters. The van der Waals surface area contributed by atoms with Crippen LogP contribution in [0.5, 0.6) is 0 Å². The Bertz CT molecular complexity index is 1060. The SMILES string of the molecule is C[C@](NC(=O)c1cc(-c2ccccc2)c(N2CCOCC2)s1)(C(N)=O)c1ccccc1. The Morgan fingerprint density at radius 3 is 2.26 bits per heavy atom. The first-order valence-corrected chi connectivity index (χ1v) is 11.0. The number of hydrogen-bond donors (Lipinski definition) is 2. The summed E-state index contributed by atoms with van der Waals surface area (Å²) in [5.41, 5.74) is 7.07. The first-order chi connectivity index (χ1) is 15.0. The normalized spacial score (nSPS) is 15.8. The summed E-state index contributed by atoms with van der Waals surface area (Å²) < 4.78 is 5.49. The summed E-state index contributed by atoms with van der Waals surface area (Å²) in [5.74, 6) is -0.938. The number of carbonyl (C=O) groups is 2. The van der Waals surface area contributed by atoms with E-state index in [1.54, 1.807) is 19.1 Å². The van der Waals surface area contributed by atoms with Gasteiger partial charge in [0.05, 0.1) is 23.1 Å². The summed E-state index contributed by atoms with van der Waals surface area (Å²) in [6.07, 6.45) is 0. The van der Waals surface area contributed by atoms with Gasteiger partial charge in [-0.2, -0.15) is 0 Å². The third-order valence-corrected chi connectivity index (χ3v) is 6.72. The second-order valence-electron chi connectivity index (χ2n) is 7.60. The first kappa shape index (κ1) is 21.1. The van der Waals surface area contributed by atoms with Crippen molar-refractivity contribution in [2.45, 2.75) is 12.5 Å². The molecule has 1 aromatic heterocycles. The van der Waals surface area contributed by atoms with E-state index in [1.807, 2.05) is 54.6 Å². The minimum Gasteiger partial charge on any atom is -0.378 e. The van der Waals surface area contributed by atoms with Crippen LogP contribution in [-0.4, -0.2) is 38.1 Å². The topological polar surface area (TPSA) is 84.7 Å². The largest absolute Gasteiger partial charge is 0.378 e. The number of nitrogens with one attached hydrogen (secondary N) is 1. The van der Waals surface area contributed by atoms with E-state index in [0.29, 0.717) is 23.7 Å². The standard InChI is InChI=1S/C24H25N3O3S/c1-24(23(25)29,18-10-6-3-7-11-18)26-21(28)20-16-19(17-8-4-2-5-9-17)22(31-20)27-12-14-30-15-13-27/h2-11,16H,12-15H2,1H3,(H2,25,29)(H,26,28)/t24-/m1/s1. The fraction of sp³-hybridized carbons (Fsp3) is 0.250. The molecule has 0 radical (unpaired) electrons. The number of hydrogen-bond acceptors (Lipinski definition) is 5. The number of nitrogens with two attached hydrogens (primary N) is 1. The third kappa shape index (κ3) is 4.33. The van der Waals surface area contributed by atoms with Gasteiger partial charge in [0, 0.05) is 18.7 Å². The molecule has 3 N–H and O–H groups in total. The zero-order valence-electron chi connectivity index (χ0n) is 17.3. The Balaban J connectivity index is 1.69. The summed E-state index contributed by atoms with van der Waals surface area (Å²) in [5, 5.41) is 3.90. The number of primary amides is 1. The molecule has 7 heteroatoms. The van der Waals surface area contributed by atoms with Crippen LogP contribution >= 0.6 is 11.3 Å². The molecule has 0 bridgehead atoms. The van der Waals surface area contributed by atoms with Gasteiger partial charge in [0.25, 0.3) is 5.91 Å². The fourth-order valence-electron chi connectivity index (χ4n) is 3.66. The Kier molecular flexibility index (Phi) is 6.06. The lowest BCUT2D eigenvalue weighted by Gasteiger charge is -2.28. The smallest absolute Gasteiger partial charge is 0.262 e. The number of benzene rings is 2. The van der Waals surface area contributed by atoms with Crippen LogP contribution in [0.4, 0.5) is 5.00 Å². The summed E-state index contributed by atoms with van der Waals surface area (Å²) in [4.78, 5) is 28.4. The average molecular weight is 436 g/mol. The Labute approximate surface area is 185 Å². The summed E-state index contributed by atoms with van der Waals surface area (Å²) in [7, 11) is 0. The summed E-state index contributed by atoms with van der Waals surface area (Å²) in [6.45, 7) is 4.48. The fourth-order valence-corrected chi connectivity index (χ4v) is 4.78. The van der Waals surface area contributed by atoms with Crippen molar-refractivity contribution in [2.24, 2.45) is 5.73 Å². The van der Waals surface area contributed by atoms with Gasteiger partial charge in [0.15, 0.2) is 0 Å². The molecule has 2 heterocycles. The maximum Gasteiger partial charge on any atom is 0.262 e. The molecule has 2 amide bonds. The van der Waals surface area contributed by atoms with E-state index in [-0.39, 0.29) is 5.91 Å². The van der Waals surface area contributed by atoms with Crippen molar-refractivity contribution in [2.75, 3.05) is 31.2 Å². The van der Waals surface area contributed by atoms with Crippen LogP contribution in [0.15, 0.2) is 66.7 Å². The number of carbonyl (C=O) groups excluding carboxylic acids is 2. The highest BCUT2D eigenvalue weighted by Crippen LogP contribution is 2.39. The van der Waals surface area contributed by atoms with Gasteiger partial charge in [0.1, 0.15) is 5.54 Å². The molecule has 1 aliphatic rings. The first-order valence-electron chi connectivity index (χ1n) is 10.2. The molecule has 160 valence electrons. The highest BCUT2D eigenvalue weighted by molar-refractivity contribution is 7.18. The van der Waals surface area contributed by atoms with Gasteiger partial charge in [-0.05, 0) is 24.1 Å². The van der Waals surface area contributed by atoms with E-state index >= 15 is 0 Å². The number of amides is 2. The number of anilines is 1. The van der Waals surface area contributed by atoms with Gasteiger partial charge in [-0.1, -0.05) is 60.7 Å². The van der Waals surface area contributed by atoms with E-state index < -0.39 is 11.4 Å². The third-order valence-electron chi connectivity index (χ3n) is 5.53. The quantitative estimate of drug-likeness (QED) is 0.622. The highest BCUT2D eigenvalue weighted by atomic mass is 32.1. The van der Waals surface area contributed by atoms with E-state index in [1.165, 1.54) is 11.3 Å². The van der Waals surface area contributed by atoms with E-state index in [0.717, 1.165) is 29.2 Å². The van der Waals surface area contributed by atoms with E-state index in [2.05, 4.69) is 10.2 Å². The molecule has 6 nitrogen and oxygen atoms in total. The van der Waals surface area contributed by atoms with Crippen LogP contribution in [0.3, 0.4) is 0 Å². The van der Waals surface area contributed by atoms with Crippen molar-refractivity contribution in [3.05, 3.63) is 77.2 Å². The van der Waals surface area contributed by atoms with Crippen LogP contribution in [0.25, 0.3) is 11.1 Å². The lowest BCUT2D eigenvalue weighted by Crippen LogP contribution is -2.52. The van der Waals surface area contributed by atoms with Crippen molar-refractivity contribution in [1.82, 2.24) is 5.32 Å². The predicted octanol–water partition coefficient (Wildman–Crippen LogP) is 3.38. The van der Waals surface area contributed by atoms with Crippen LogP contribution < -0.4 is 16.0 Å². The molecule has 2 aromatic carbocycles. The second-order valence-corrected chi connectivity index (χ2v) is 8.63. The number of morpholine rings is 1. The monoisotopic (exact) mass is 435 g/mol. The van der Waals surface area contributed by atoms with E-state index in [4.69, 9.17) is 10.5 Å². The van der Waals surface area contributed by atoms with Gasteiger partial charge in [-0.3, -0.25) is 9.59 Å². The Hall–Kier alpha value is -3.16. The summed E-state index contributed by atoms with van der Waals surface area (Å²) in [6, 6.07) is 21.0. The van der Waals surface area contributed by atoms with Crippen molar-refractivity contribution >= 4 is 28.2 Å². The summed E-state index contributed by atoms with van der Waals surface area (Å²) >= 11 is 1.42. The number of ether oxygens (including phenoxy) is 1. The Morgan fingerprint density at radius 1 is 1.03 bits per heavy atom. The molecule has 1 atom stereocenters. The number of nitrogens with zero attached hydrogens (tertiary/aromatic N) is 1. The van der Waals surface area contributed by atoms with Gasteiger partial charge < -0.3 is 20.7 Å². The number of rotatable bonds is 6. The molecule has 1 aliphatic heterocycles. The molecular weight excluding hydrogens is 410 g/mol. The van der Waals surface area contributed by atoms with Crippen LogP contribution in [0.2, 0.25) is 0 Å². The molecule has 1 saturated heterocycles. The molecule has 31 heavy (non-hydrogen) atoms. The average Bonchev–Trinajstić information content (AvgIpc) is 3.26. The van der Waals surface area contributed by atoms with Crippen molar-refractivity contribution in [3.8, 4) is 11.1 Å². The van der Waals surface area contributed by atoms with Gasteiger partial charge >= 0.3 is 0 Å². The number of thiophene rings is 1. The lowest BCUT2D eigenvalue weighted by atomic mass is 9.91. The minimum atomic E-state index is -1.31. The highest BCUT2D eigenvalue weighted by Gasteiger charge is 2.36. The maximum atomic E-state index is 13.3. The van der Waals surface area contributed by atoms with Crippen molar-refractivity contribution in [1.29, 1.82) is 0 Å². The minimum absolute atomic E-state index is 0.327. The maximum absolute atomic E-state index is 13.3. The molecular formula is C24H25N3O3S.